The van der Waals surface area contributed by atoms with Gasteiger partial charge in [0, 0.05) is 13.6 Å². The third-order valence-corrected chi connectivity index (χ3v) is 3.35. The fourth-order valence-corrected chi connectivity index (χ4v) is 2.19. The quantitative estimate of drug-likeness (QED) is 0.876. The molecule has 0 fully saturated rings. The molecule has 2 rings (SSSR count). The topological polar surface area (TPSA) is 39.1 Å². The first-order valence-electron chi connectivity index (χ1n) is 7.07. The van der Waals surface area contributed by atoms with Crippen LogP contribution < -0.4 is 10.1 Å². The molecule has 0 amide bonds. The minimum atomic E-state index is 0.762. The first-order chi connectivity index (χ1) is 9.61. The van der Waals surface area contributed by atoms with Crippen LogP contribution in [0, 0.1) is 13.8 Å². The van der Waals surface area contributed by atoms with Crippen molar-refractivity contribution in [1.29, 1.82) is 0 Å². The van der Waals surface area contributed by atoms with Gasteiger partial charge in [-0.25, -0.2) is 0 Å². The summed E-state index contributed by atoms with van der Waals surface area (Å²) in [6, 6.07) is 8.22. The van der Waals surface area contributed by atoms with Gasteiger partial charge in [0.05, 0.1) is 23.7 Å². The lowest BCUT2D eigenvalue weighted by Gasteiger charge is -2.09. The molecule has 0 aliphatic heterocycles. The lowest BCUT2D eigenvalue weighted by molar-refractivity contribution is 0.317. The van der Waals surface area contributed by atoms with Gasteiger partial charge in [0.1, 0.15) is 5.75 Å². The fourth-order valence-electron chi connectivity index (χ4n) is 2.19. The predicted octanol–water partition coefficient (Wildman–Crippen LogP) is 3.44. The van der Waals surface area contributed by atoms with E-state index in [9.17, 15) is 0 Å². The predicted molar refractivity (Wildman–Crippen MR) is 82.2 cm³/mol. The lowest BCUT2D eigenvalue weighted by Crippen LogP contribution is -2.02. The molecule has 0 bridgehead atoms. The van der Waals surface area contributed by atoms with Crippen LogP contribution in [-0.2, 0) is 13.6 Å². The Bertz CT molecular complexity index is 575. The normalized spacial score (nSPS) is 10.6. The molecule has 0 unspecified atom stereocenters. The molecule has 0 saturated heterocycles. The van der Waals surface area contributed by atoms with E-state index in [-0.39, 0.29) is 0 Å². The zero-order valence-corrected chi connectivity index (χ0v) is 12.7. The molecule has 1 heterocycles. The fraction of sp³-hybridized carbons (Fsp3) is 0.438. The molecule has 0 aliphatic rings. The maximum atomic E-state index is 5.66. The Morgan fingerprint density at radius 2 is 2.10 bits per heavy atom. The highest BCUT2D eigenvalue weighted by Crippen LogP contribution is 2.20. The van der Waals surface area contributed by atoms with E-state index in [1.165, 1.54) is 5.56 Å². The van der Waals surface area contributed by atoms with Crippen molar-refractivity contribution in [3.05, 3.63) is 41.2 Å². The molecule has 4 heteroatoms. The third-order valence-electron chi connectivity index (χ3n) is 3.35. The molecule has 0 aliphatic carbocycles. The van der Waals surface area contributed by atoms with Gasteiger partial charge in [-0.1, -0.05) is 19.1 Å². The number of hydrogen-bond acceptors (Lipinski definition) is 3. The van der Waals surface area contributed by atoms with Gasteiger partial charge in [-0.3, -0.25) is 4.68 Å². The largest absolute Gasteiger partial charge is 0.494 e. The average molecular weight is 273 g/mol. The number of benzene rings is 1. The average Bonchev–Trinajstić information content (AvgIpc) is 2.68. The van der Waals surface area contributed by atoms with E-state index in [0.717, 1.165) is 42.4 Å². The Balaban J connectivity index is 2.03. The monoisotopic (exact) mass is 273 g/mol. The molecule has 4 nitrogen and oxygen atoms in total. The first-order valence-corrected chi connectivity index (χ1v) is 7.07. The van der Waals surface area contributed by atoms with Crippen LogP contribution in [0.1, 0.15) is 30.3 Å². The van der Waals surface area contributed by atoms with E-state index < -0.39 is 0 Å². The number of rotatable bonds is 6. The molecule has 0 radical (unpaired) electrons. The summed E-state index contributed by atoms with van der Waals surface area (Å²) in [7, 11) is 1.97. The van der Waals surface area contributed by atoms with Gasteiger partial charge in [0.15, 0.2) is 0 Å². The van der Waals surface area contributed by atoms with E-state index >= 15 is 0 Å². The van der Waals surface area contributed by atoms with Crippen LogP contribution >= 0.6 is 0 Å². The van der Waals surface area contributed by atoms with Crippen molar-refractivity contribution in [2.45, 2.75) is 33.7 Å². The van der Waals surface area contributed by atoms with Gasteiger partial charge in [-0.05, 0) is 38.0 Å². The van der Waals surface area contributed by atoms with Crippen LogP contribution in [0.25, 0.3) is 0 Å². The molecule has 1 aromatic heterocycles. The number of ether oxygens (including phenoxy) is 1. The van der Waals surface area contributed by atoms with E-state index in [0.29, 0.717) is 0 Å². The first kappa shape index (κ1) is 14.4. The molecule has 20 heavy (non-hydrogen) atoms. The highest BCUT2D eigenvalue weighted by Gasteiger charge is 2.08. The van der Waals surface area contributed by atoms with Gasteiger partial charge in [0.2, 0.25) is 0 Å². The summed E-state index contributed by atoms with van der Waals surface area (Å²) in [6.07, 6.45) is 1.02. The lowest BCUT2D eigenvalue weighted by atomic mass is 10.2. The van der Waals surface area contributed by atoms with E-state index in [1.807, 2.05) is 30.8 Å². The zero-order valence-electron chi connectivity index (χ0n) is 12.7. The summed E-state index contributed by atoms with van der Waals surface area (Å²) >= 11 is 0. The summed E-state index contributed by atoms with van der Waals surface area (Å²) in [4.78, 5) is 0. The van der Waals surface area contributed by atoms with Crippen molar-refractivity contribution in [3.8, 4) is 5.75 Å². The summed E-state index contributed by atoms with van der Waals surface area (Å²) in [6.45, 7) is 7.74. The van der Waals surface area contributed by atoms with Crippen molar-refractivity contribution in [2.24, 2.45) is 7.05 Å². The molecule has 0 saturated carbocycles. The smallest absolute Gasteiger partial charge is 0.119 e. The SMILES string of the molecule is CCCOc1cccc(CNc2c(C)nn(C)c2C)c1. The van der Waals surface area contributed by atoms with E-state index in [1.54, 1.807) is 0 Å². The second-order valence-electron chi connectivity index (χ2n) is 5.02. The molecule has 108 valence electrons. The van der Waals surface area contributed by atoms with E-state index in [4.69, 9.17) is 4.74 Å². The molecule has 1 aromatic carbocycles. The number of nitrogens with one attached hydrogen (secondary N) is 1. The van der Waals surface area contributed by atoms with Crippen LogP contribution in [0.2, 0.25) is 0 Å². The number of aromatic nitrogens is 2. The highest BCUT2D eigenvalue weighted by atomic mass is 16.5. The van der Waals surface area contributed by atoms with Crippen molar-refractivity contribution < 1.29 is 4.74 Å². The summed E-state index contributed by atoms with van der Waals surface area (Å²) in [5, 5.41) is 7.87. The Morgan fingerprint density at radius 3 is 2.75 bits per heavy atom. The molecular formula is C16H23N3O. The second kappa shape index (κ2) is 6.46. The zero-order chi connectivity index (χ0) is 14.5. The maximum absolute atomic E-state index is 5.66. The Kier molecular flexibility index (Phi) is 4.66. The van der Waals surface area contributed by atoms with Crippen LogP contribution in [0.3, 0.4) is 0 Å². The molecular weight excluding hydrogens is 250 g/mol. The van der Waals surface area contributed by atoms with Crippen LogP contribution in [0.4, 0.5) is 5.69 Å². The summed E-state index contributed by atoms with van der Waals surface area (Å²) < 4.78 is 7.56. The molecule has 2 aromatic rings. The summed E-state index contributed by atoms with van der Waals surface area (Å²) in [5.74, 6) is 0.936. The van der Waals surface area contributed by atoms with Crippen molar-refractivity contribution in [1.82, 2.24) is 9.78 Å². The number of aryl methyl sites for hydroxylation is 2. The highest BCUT2D eigenvalue weighted by molar-refractivity contribution is 5.52. The van der Waals surface area contributed by atoms with Crippen molar-refractivity contribution in [3.63, 3.8) is 0 Å². The standard InChI is InChI=1S/C16H23N3O/c1-5-9-20-15-8-6-7-14(10-15)11-17-16-12(2)18-19(4)13(16)3/h6-8,10,17H,5,9,11H2,1-4H3. The maximum Gasteiger partial charge on any atom is 0.119 e. The minimum Gasteiger partial charge on any atom is -0.494 e. The van der Waals surface area contributed by atoms with E-state index in [2.05, 4.69) is 36.4 Å². The van der Waals surface area contributed by atoms with Crippen LogP contribution in [0.5, 0.6) is 5.75 Å². The second-order valence-corrected chi connectivity index (χ2v) is 5.02. The number of hydrogen-bond donors (Lipinski definition) is 1. The van der Waals surface area contributed by atoms with Gasteiger partial charge < -0.3 is 10.1 Å². The van der Waals surface area contributed by atoms with Gasteiger partial charge in [-0.2, -0.15) is 5.10 Å². The van der Waals surface area contributed by atoms with Crippen LogP contribution in [0.15, 0.2) is 24.3 Å². The van der Waals surface area contributed by atoms with Crippen molar-refractivity contribution in [2.75, 3.05) is 11.9 Å². The Labute approximate surface area is 120 Å². The Morgan fingerprint density at radius 1 is 1.30 bits per heavy atom. The van der Waals surface area contributed by atoms with Crippen LogP contribution in [-0.4, -0.2) is 16.4 Å². The molecule has 0 spiro atoms. The van der Waals surface area contributed by atoms with Crippen molar-refractivity contribution >= 4 is 5.69 Å². The number of anilines is 1. The molecule has 0 atom stereocenters. The van der Waals surface area contributed by atoms with Gasteiger partial charge >= 0.3 is 0 Å². The van der Waals surface area contributed by atoms with Gasteiger partial charge in [-0.15, -0.1) is 0 Å². The number of nitrogens with zero attached hydrogens (tertiary/aromatic N) is 2. The minimum absolute atomic E-state index is 0.762. The molecule has 1 N–H and O–H groups in total. The van der Waals surface area contributed by atoms with Gasteiger partial charge in [0.25, 0.3) is 0 Å². The Hall–Kier alpha value is -1.97. The third kappa shape index (κ3) is 3.32. The summed E-state index contributed by atoms with van der Waals surface area (Å²) in [5.41, 5.74) is 4.51.